The maximum atomic E-state index is 14.0. The fraction of sp³-hybridized carbons (Fsp3) is 0.433. The van der Waals surface area contributed by atoms with Crippen LogP contribution in [0.4, 0.5) is 44.3 Å². The number of imidazole rings is 1. The van der Waals surface area contributed by atoms with Crippen molar-refractivity contribution in [2.45, 2.75) is 63.5 Å². The van der Waals surface area contributed by atoms with E-state index in [0.717, 1.165) is 11.9 Å². The third-order valence-electron chi connectivity index (χ3n) is 8.30. The zero-order valence-corrected chi connectivity index (χ0v) is 25.7. The van der Waals surface area contributed by atoms with Crippen LogP contribution in [0.15, 0.2) is 49.4 Å². The van der Waals surface area contributed by atoms with E-state index < -0.39 is 30.7 Å². The van der Waals surface area contributed by atoms with Gasteiger partial charge in [-0.15, -0.1) is 0 Å². The normalized spacial score (nSPS) is 17.9. The van der Waals surface area contributed by atoms with E-state index in [0.29, 0.717) is 49.9 Å². The van der Waals surface area contributed by atoms with Crippen LogP contribution in [0.2, 0.25) is 0 Å². The SMILES string of the molecule is COc1ncc(-c2ccc(N(C(=O)NCC(F)F)[C@H]3CC[C@H](Nc4ncc(C(F)(F)F)c(N5CCn6cncc6C5)n4)CC3)nc2)cn1. The number of carbonyl (C=O) groups excluding carboxylic acids is 1. The summed E-state index contributed by atoms with van der Waals surface area (Å²) in [6.07, 6.45) is 3.28. The van der Waals surface area contributed by atoms with Crippen LogP contribution in [0, 0.1) is 0 Å². The number of pyridine rings is 1. The Balaban J connectivity index is 1.15. The van der Waals surface area contributed by atoms with Crippen LogP contribution >= 0.6 is 0 Å². The van der Waals surface area contributed by atoms with Gasteiger partial charge in [-0.2, -0.15) is 18.2 Å². The van der Waals surface area contributed by atoms with Crippen LogP contribution in [0.25, 0.3) is 11.1 Å². The molecule has 254 valence electrons. The van der Waals surface area contributed by atoms with Crippen LogP contribution < -0.4 is 25.2 Å². The van der Waals surface area contributed by atoms with E-state index in [9.17, 15) is 26.7 Å². The van der Waals surface area contributed by atoms with Gasteiger partial charge in [0, 0.05) is 67.3 Å². The minimum absolute atomic E-state index is 0.0619. The first-order valence-electron chi connectivity index (χ1n) is 15.2. The van der Waals surface area contributed by atoms with Crippen LogP contribution in [0.1, 0.15) is 36.9 Å². The zero-order chi connectivity index (χ0) is 33.8. The molecule has 2 N–H and O–H groups in total. The number of fused-ring (bicyclic) bond motifs is 1. The molecular formula is C30H32F5N11O2. The van der Waals surface area contributed by atoms with Crippen molar-refractivity contribution in [3.8, 4) is 17.1 Å². The van der Waals surface area contributed by atoms with Gasteiger partial charge in [0.2, 0.25) is 5.95 Å². The molecular weight excluding hydrogens is 641 g/mol. The lowest BCUT2D eigenvalue weighted by Crippen LogP contribution is -2.50. The third-order valence-corrected chi connectivity index (χ3v) is 8.30. The predicted octanol–water partition coefficient (Wildman–Crippen LogP) is 4.78. The van der Waals surface area contributed by atoms with Crippen LogP contribution in [0.3, 0.4) is 0 Å². The molecule has 13 nitrogen and oxygen atoms in total. The van der Waals surface area contributed by atoms with Gasteiger partial charge in [-0.05, 0) is 37.8 Å². The molecule has 1 fully saturated rings. The number of alkyl halides is 5. The van der Waals surface area contributed by atoms with Gasteiger partial charge in [-0.1, -0.05) is 0 Å². The fourth-order valence-electron chi connectivity index (χ4n) is 5.89. The molecule has 2 aliphatic rings. The maximum Gasteiger partial charge on any atom is 0.421 e. The smallest absolute Gasteiger partial charge is 0.421 e. The van der Waals surface area contributed by atoms with Crippen LogP contribution in [0.5, 0.6) is 6.01 Å². The average molecular weight is 674 g/mol. The van der Waals surface area contributed by atoms with E-state index in [-0.39, 0.29) is 42.2 Å². The first-order chi connectivity index (χ1) is 23.1. The van der Waals surface area contributed by atoms with Crippen molar-refractivity contribution in [2.24, 2.45) is 0 Å². The standard InChI is InChI=1S/C30H32F5N11O2/c1-48-28-39-11-19(12-40-28)18-2-7-25(37-10-18)46(29(47)41-15-24(31)32)21-5-3-20(4-6-21)42-27-38-14-23(30(33,34)35)26(43-27)44-8-9-45-17-36-13-22(45)16-44/h2,7,10-14,17,20-21,24H,3-6,8-9,15-16H2,1H3,(H,41,47)(H,38,42,43)/t20-,21-. The Labute approximate surface area is 271 Å². The quantitative estimate of drug-likeness (QED) is 0.239. The highest BCUT2D eigenvalue weighted by molar-refractivity contribution is 5.91. The van der Waals surface area contributed by atoms with Crippen LogP contribution in [-0.4, -0.2) is 79.2 Å². The fourth-order valence-corrected chi connectivity index (χ4v) is 5.89. The van der Waals surface area contributed by atoms with E-state index in [1.165, 1.54) is 18.2 Å². The molecule has 1 aliphatic carbocycles. The van der Waals surface area contributed by atoms with Crippen molar-refractivity contribution in [1.29, 1.82) is 0 Å². The molecule has 4 aromatic heterocycles. The molecule has 4 aromatic rings. The molecule has 6 rings (SSSR count). The third kappa shape index (κ3) is 7.36. The maximum absolute atomic E-state index is 14.0. The molecule has 48 heavy (non-hydrogen) atoms. The van der Waals surface area contributed by atoms with Gasteiger partial charge in [-0.3, -0.25) is 4.90 Å². The number of hydrogen-bond acceptors (Lipinski definition) is 10. The van der Waals surface area contributed by atoms with E-state index >= 15 is 0 Å². The highest BCUT2D eigenvalue weighted by Gasteiger charge is 2.38. The first-order valence-corrected chi connectivity index (χ1v) is 15.2. The largest absolute Gasteiger partial charge is 0.467 e. The molecule has 0 aromatic carbocycles. The lowest BCUT2D eigenvalue weighted by atomic mass is 9.90. The van der Waals surface area contributed by atoms with Crippen molar-refractivity contribution in [3.63, 3.8) is 0 Å². The summed E-state index contributed by atoms with van der Waals surface area (Å²) in [5.41, 5.74) is 1.19. The molecule has 0 saturated heterocycles. The summed E-state index contributed by atoms with van der Waals surface area (Å²) in [6.45, 7) is 0.191. The van der Waals surface area contributed by atoms with Gasteiger partial charge >= 0.3 is 18.2 Å². The van der Waals surface area contributed by atoms with Gasteiger partial charge in [0.15, 0.2) is 0 Å². The first kappa shape index (κ1) is 32.8. The van der Waals surface area contributed by atoms with Crippen LogP contribution in [-0.2, 0) is 19.3 Å². The number of rotatable bonds is 9. The minimum Gasteiger partial charge on any atom is -0.467 e. The lowest BCUT2D eigenvalue weighted by Gasteiger charge is -2.36. The second-order valence-corrected chi connectivity index (χ2v) is 11.4. The number of ether oxygens (including phenoxy) is 1. The van der Waals surface area contributed by atoms with Gasteiger partial charge in [0.05, 0.1) is 32.2 Å². The van der Waals surface area contributed by atoms with Gasteiger partial charge in [0.1, 0.15) is 17.2 Å². The molecule has 0 bridgehead atoms. The molecule has 1 saturated carbocycles. The second-order valence-electron chi connectivity index (χ2n) is 11.4. The number of urea groups is 1. The van der Waals surface area contributed by atoms with Crippen molar-refractivity contribution >= 4 is 23.6 Å². The molecule has 0 atom stereocenters. The van der Waals surface area contributed by atoms with E-state index in [1.54, 1.807) is 42.0 Å². The Bertz CT molecular complexity index is 1690. The molecule has 1 aliphatic heterocycles. The number of halogens is 5. The zero-order valence-electron chi connectivity index (χ0n) is 25.7. The summed E-state index contributed by atoms with van der Waals surface area (Å²) in [6, 6.07) is 2.26. The van der Waals surface area contributed by atoms with E-state index in [2.05, 4.69) is 40.5 Å². The number of methoxy groups -OCH3 is 1. The number of aromatic nitrogens is 7. The second kappa shape index (κ2) is 13.9. The number of amides is 2. The minimum atomic E-state index is -4.65. The summed E-state index contributed by atoms with van der Waals surface area (Å²) in [5, 5.41) is 5.44. The number of hydrogen-bond donors (Lipinski definition) is 2. The Morgan fingerprint density at radius 2 is 1.75 bits per heavy atom. The molecule has 0 radical (unpaired) electrons. The van der Waals surface area contributed by atoms with Gasteiger partial charge < -0.3 is 24.8 Å². The topological polar surface area (TPSA) is 139 Å². The lowest BCUT2D eigenvalue weighted by molar-refractivity contribution is -0.137. The number of nitrogens with zero attached hydrogens (tertiary/aromatic N) is 9. The van der Waals surface area contributed by atoms with E-state index in [1.807, 2.05) is 4.57 Å². The van der Waals surface area contributed by atoms with Crippen molar-refractivity contribution in [3.05, 3.63) is 60.7 Å². The summed E-state index contributed by atoms with van der Waals surface area (Å²) in [7, 11) is 1.45. The summed E-state index contributed by atoms with van der Waals surface area (Å²) in [5.74, 6) is 0.125. The Hall–Kier alpha value is -5.16. The number of anilines is 3. The molecule has 0 unspecified atom stereocenters. The summed E-state index contributed by atoms with van der Waals surface area (Å²) in [4.78, 5) is 41.1. The highest BCUT2D eigenvalue weighted by atomic mass is 19.4. The van der Waals surface area contributed by atoms with Crippen molar-refractivity contribution in [2.75, 3.05) is 35.3 Å². The molecule has 0 spiro atoms. The summed E-state index contributed by atoms with van der Waals surface area (Å²) < 4.78 is 74.7. The number of nitrogens with one attached hydrogen (secondary N) is 2. The monoisotopic (exact) mass is 673 g/mol. The molecule has 18 heteroatoms. The summed E-state index contributed by atoms with van der Waals surface area (Å²) >= 11 is 0. The Kier molecular flexibility index (Phi) is 9.49. The van der Waals surface area contributed by atoms with Crippen molar-refractivity contribution in [1.82, 2.24) is 39.8 Å². The molecule has 2 amide bonds. The van der Waals surface area contributed by atoms with Crippen molar-refractivity contribution < 1.29 is 31.5 Å². The number of carbonyl (C=O) groups is 1. The van der Waals surface area contributed by atoms with Gasteiger partial charge in [-0.25, -0.2) is 38.5 Å². The predicted molar refractivity (Wildman–Crippen MR) is 164 cm³/mol. The Morgan fingerprint density at radius 3 is 2.42 bits per heavy atom. The van der Waals surface area contributed by atoms with Gasteiger partial charge in [0.25, 0.3) is 6.43 Å². The average Bonchev–Trinajstić information content (AvgIpc) is 3.56. The Morgan fingerprint density at radius 1 is 1.00 bits per heavy atom. The molecule has 5 heterocycles. The van der Waals surface area contributed by atoms with E-state index in [4.69, 9.17) is 4.74 Å². The highest BCUT2D eigenvalue weighted by Crippen LogP contribution is 2.37.